The van der Waals surface area contributed by atoms with Gasteiger partial charge in [-0.1, -0.05) is 0 Å². The van der Waals surface area contributed by atoms with E-state index in [4.69, 9.17) is 16.3 Å². The molecule has 5 heteroatoms. The average molecular weight is 231 g/mol. The number of nitrogens with zero attached hydrogens (tertiary/aromatic N) is 2. The molecule has 1 aliphatic rings. The SMILES string of the molecule is Clc1nccc(SC2CCOCC2)n1. The van der Waals surface area contributed by atoms with Crippen LogP contribution in [0.15, 0.2) is 17.3 Å². The van der Waals surface area contributed by atoms with E-state index < -0.39 is 0 Å². The first-order valence-electron chi connectivity index (χ1n) is 4.57. The van der Waals surface area contributed by atoms with Gasteiger partial charge in [0.25, 0.3) is 0 Å². The highest BCUT2D eigenvalue weighted by molar-refractivity contribution is 7.99. The predicted molar refractivity (Wildman–Crippen MR) is 56.7 cm³/mol. The van der Waals surface area contributed by atoms with Crippen LogP contribution < -0.4 is 0 Å². The van der Waals surface area contributed by atoms with E-state index in [2.05, 4.69) is 9.97 Å². The van der Waals surface area contributed by atoms with Gasteiger partial charge >= 0.3 is 0 Å². The highest BCUT2D eigenvalue weighted by atomic mass is 35.5. The number of halogens is 1. The first-order valence-corrected chi connectivity index (χ1v) is 5.83. The van der Waals surface area contributed by atoms with Crippen molar-refractivity contribution in [1.82, 2.24) is 9.97 Å². The number of aromatic nitrogens is 2. The molecule has 14 heavy (non-hydrogen) atoms. The van der Waals surface area contributed by atoms with Gasteiger partial charge in [0.2, 0.25) is 5.28 Å². The molecule has 1 fully saturated rings. The Kier molecular flexibility index (Phi) is 3.61. The molecule has 2 rings (SSSR count). The van der Waals surface area contributed by atoms with Crippen LogP contribution in [-0.4, -0.2) is 28.4 Å². The quantitative estimate of drug-likeness (QED) is 0.577. The fourth-order valence-corrected chi connectivity index (χ4v) is 2.60. The summed E-state index contributed by atoms with van der Waals surface area (Å²) in [7, 11) is 0. The van der Waals surface area contributed by atoms with Gasteiger partial charge in [0.15, 0.2) is 0 Å². The van der Waals surface area contributed by atoms with Crippen molar-refractivity contribution in [2.24, 2.45) is 0 Å². The normalized spacial score (nSPS) is 18.4. The van der Waals surface area contributed by atoms with Gasteiger partial charge in [0, 0.05) is 24.7 Å². The lowest BCUT2D eigenvalue weighted by Gasteiger charge is -2.20. The van der Waals surface area contributed by atoms with Crippen LogP contribution >= 0.6 is 23.4 Å². The number of rotatable bonds is 2. The van der Waals surface area contributed by atoms with E-state index in [0.29, 0.717) is 10.5 Å². The van der Waals surface area contributed by atoms with Crippen LogP contribution in [0.2, 0.25) is 5.28 Å². The van der Waals surface area contributed by atoms with Gasteiger partial charge in [-0.05, 0) is 30.5 Å². The van der Waals surface area contributed by atoms with Gasteiger partial charge in [-0.25, -0.2) is 9.97 Å². The smallest absolute Gasteiger partial charge is 0.223 e. The molecule has 1 aromatic heterocycles. The topological polar surface area (TPSA) is 35.0 Å². The van der Waals surface area contributed by atoms with Crippen molar-refractivity contribution in [2.45, 2.75) is 23.1 Å². The molecular formula is C9H11ClN2OS. The molecule has 3 nitrogen and oxygen atoms in total. The summed E-state index contributed by atoms with van der Waals surface area (Å²) < 4.78 is 5.29. The van der Waals surface area contributed by atoms with E-state index in [1.54, 1.807) is 18.0 Å². The minimum absolute atomic E-state index is 0.321. The van der Waals surface area contributed by atoms with Crippen LogP contribution in [0.3, 0.4) is 0 Å². The minimum Gasteiger partial charge on any atom is -0.381 e. The summed E-state index contributed by atoms with van der Waals surface area (Å²) in [5.74, 6) is 0. The minimum atomic E-state index is 0.321. The fourth-order valence-electron chi connectivity index (χ4n) is 1.35. The molecule has 2 heterocycles. The Morgan fingerprint density at radius 1 is 1.43 bits per heavy atom. The number of hydrogen-bond acceptors (Lipinski definition) is 4. The molecule has 0 amide bonds. The Balaban J connectivity index is 1.95. The molecule has 0 spiro atoms. The Labute approximate surface area is 92.2 Å². The highest BCUT2D eigenvalue weighted by Crippen LogP contribution is 2.28. The molecule has 0 bridgehead atoms. The zero-order valence-electron chi connectivity index (χ0n) is 7.65. The predicted octanol–water partition coefficient (Wildman–Crippen LogP) is 2.40. The zero-order valence-corrected chi connectivity index (χ0v) is 9.22. The Morgan fingerprint density at radius 3 is 2.93 bits per heavy atom. The summed E-state index contributed by atoms with van der Waals surface area (Å²) in [6.45, 7) is 1.72. The van der Waals surface area contributed by atoms with Crippen LogP contribution in [0.4, 0.5) is 0 Å². The van der Waals surface area contributed by atoms with Crippen LogP contribution in [0, 0.1) is 0 Å². The third kappa shape index (κ3) is 2.83. The lowest BCUT2D eigenvalue weighted by molar-refractivity contribution is 0.1000. The van der Waals surface area contributed by atoms with Gasteiger partial charge in [-0.2, -0.15) is 0 Å². The van der Waals surface area contributed by atoms with Crippen molar-refractivity contribution in [3.05, 3.63) is 17.5 Å². The summed E-state index contributed by atoms with van der Waals surface area (Å²) in [4.78, 5) is 7.99. The first kappa shape index (κ1) is 10.2. The summed E-state index contributed by atoms with van der Waals surface area (Å²) in [6, 6.07) is 1.89. The Hall–Kier alpha value is -0.320. The average Bonchev–Trinajstić information content (AvgIpc) is 2.19. The Bertz CT molecular complexity index is 305. The lowest BCUT2D eigenvalue weighted by atomic mass is 10.2. The maximum atomic E-state index is 5.70. The molecule has 0 aliphatic carbocycles. The van der Waals surface area contributed by atoms with E-state index in [1.807, 2.05) is 6.07 Å². The van der Waals surface area contributed by atoms with Gasteiger partial charge in [-0.15, -0.1) is 11.8 Å². The van der Waals surface area contributed by atoms with Crippen LogP contribution in [0.5, 0.6) is 0 Å². The standard InChI is InChI=1S/C9H11ClN2OS/c10-9-11-4-1-8(12-9)14-7-2-5-13-6-3-7/h1,4,7H,2-3,5-6H2. The molecule has 0 radical (unpaired) electrons. The molecular weight excluding hydrogens is 220 g/mol. The van der Waals surface area contributed by atoms with Gasteiger partial charge < -0.3 is 4.74 Å². The monoisotopic (exact) mass is 230 g/mol. The van der Waals surface area contributed by atoms with E-state index in [9.17, 15) is 0 Å². The van der Waals surface area contributed by atoms with Gasteiger partial charge in [0.1, 0.15) is 5.03 Å². The summed E-state index contributed by atoms with van der Waals surface area (Å²) in [6.07, 6.45) is 3.87. The highest BCUT2D eigenvalue weighted by Gasteiger charge is 2.15. The molecule has 1 aliphatic heterocycles. The summed E-state index contributed by atoms with van der Waals surface area (Å²) >= 11 is 7.47. The van der Waals surface area contributed by atoms with Gasteiger partial charge in [0.05, 0.1) is 0 Å². The zero-order chi connectivity index (χ0) is 9.80. The molecule has 0 saturated carbocycles. The lowest BCUT2D eigenvalue weighted by Crippen LogP contribution is -2.17. The van der Waals surface area contributed by atoms with Crippen molar-refractivity contribution in [3.63, 3.8) is 0 Å². The molecule has 76 valence electrons. The van der Waals surface area contributed by atoms with E-state index in [0.717, 1.165) is 31.1 Å². The molecule has 1 saturated heterocycles. The summed E-state index contributed by atoms with van der Waals surface area (Å²) in [5, 5.41) is 1.88. The second-order valence-corrected chi connectivity index (χ2v) is 4.75. The van der Waals surface area contributed by atoms with Crippen LogP contribution in [0.25, 0.3) is 0 Å². The van der Waals surface area contributed by atoms with E-state index in [1.165, 1.54) is 0 Å². The first-order chi connectivity index (χ1) is 6.84. The van der Waals surface area contributed by atoms with E-state index >= 15 is 0 Å². The third-order valence-electron chi connectivity index (χ3n) is 2.06. The van der Waals surface area contributed by atoms with Gasteiger partial charge in [-0.3, -0.25) is 0 Å². The molecule has 0 aromatic carbocycles. The maximum absolute atomic E-state index is 5.70. The largest absolute Gasteiger partial charge is 0.381 e. The van der Waals surface area contributed by atoms with Crippen LogP contribution in [-0.2, 0) is 4.74 Å². The molecule has 0 atom stereocenters. The second kappa shape index (κ2) is 4.96. The number of ether oxygens (including phenoxy) is 1. The Morgan fingerprint density at radius 2 is 2.21 bits per heavy atom. The second-order valence-electron chi connectivity index (χ2n) is 3.09. The molecule has 0 N–H and O–H groups in total. The maximum Gasteiger partial charge on any atom is 0.223 e. The van der Waals surface area contributed by atoms with Crippen molar-refractivity contribution >= 4 is 23.4 Å². The number of hydrogen-bond donors (Lipinski definition) is 0. The third-order valence-corrected chi connectivity index (χ3v) is 3.51. The van der Waals surface area contributed by atoms with Crippen molar-refractivity contribution in [3.8, 4) is 0 Å². The summed E-state index contributed by atoms with van der Waals surface area (Å²) in [5.41, 5.74) is 0. The van der Waals surface area contributed by atoms with E-state index in [-0.39, 0.29) is 0 Å². The van der Waals surface area contributed by atoms with Crippen LogP contribution in [0.1, 0.15) is 12.8 Å². The van der Waals surface area contributed by atoms with Crippen molar-refractivity contribution in [1.29, 1.82) is 0 Å². The fraction of sp³-hybridized carbons (Fsp3) is 0.556. The van der Waals surface area contributed by atoms with Crippen molar-refractivity contribution < 1.29 is 4.74 Å². The molecule has 0 unspecified atom stereocenters. The van der Waals surface area contributed by atoms with Crippen molar-refractivity contribution in [2.75, 3.05) is 13.2 Å². The number of thioether (sulfide) groups is 1. The molecule has 1 aromatic rings.